The molecule has 0 aromatic heterocycles. The van der Waals surface area contributed by atoms with Gasteiger partial charge in [-0.05, 0) is 25.1 Å². The van der Waals surface area contributed by atoms with Gasteiger partial charge in [-0.25, -0.2) is 0 Å². The number of ether oxygens (including phenoxy) is 1. The number of piperazine rings is 1. The fourth-order valence-electron chi connectivity index (χ4n) is 3.33. The van der Waals surface area contributed by atoms with E-state index in [9.17, 15) is 10.1 Å². The molecule has 1 saturated heterocycles. The van der Waals surface area contributed by atoms with Crippen molar-refractivity contribution in [3.8, 4) is 5.75 Å². The predicted octanol–water partition coefficient (Wildman–Crippen LogP) is 3.89. The Kier molecular flexibility index (Phi) is 5.64. The van der Waals surface area contributed by atoms with Crippen LogP contribution in [-0.4, -0.2) is 43.1 Å². The van der Waals surface area contributed by atoms with E-state index in [1.807, 2.05) is 12.1 Å². The molecule has 0 amide bonds. The van der Waals surface area contributed by atoms with Gasteiger partial charge in [0.05, 0.1) is 12.0 Å². The van der Waals surface area contributed by atoms with Crippen LogP contribution in [-0.2, 0) is 6.54 Å². The van der Waals surface area contributed by atoms with Crippen LogP contribution in [0.25, 0.3) is 0 Å². The summed E-state index contributed by atoms with van der Waals surface area (Å²) in [6.07, 6.45) is 0. The molecule has 7 heteroatoms. The smallest absolute Gasteiger partial charge is 0.294 e. The van der Waals surface area contributed by atoms with Gasteiger partial charge in [0.1, 0.15) is 11.4 Å². The number of halogens is 1. The number of aryl methyl sites for hydroxylation is 1. The molecule has 0 N–H and O–H groups in total. The Hall–Kier alpha value is -2.31. The largest absolute Gasteiger partial charge is 0.496 e. The second-order valence-corrected chi connectivity index (χ2v) is 6.91. The van der Waals surface area contributed by atoms with Crippen LogP contribution >= 0.6 is 11.6 Å². The molecule has 26 heavy (non-hydrogen) atoms. The van der Waals surface area contributed by atoms with E-state index in [1.165, 1.54) is 17.2 Å². The maximum absolute atomic E-state index is 11.3. The summed E-state index contributed by atoms with van der Waals surface area (Å²) in [5.41, 5.74) is 3.06. The molecule has 6 nitrogen and oxygen atoms in total. The van der Waals surface area contributed by atoms with E-state index in [2.05, 4.69) is 22.8 Å². The number of methoxy groups -OCH3 is 1. The lowest BCUT2D eigenvalue weighted by Gasteiger charge is -2.36. The van der Waals surface area contributed by atoms with Crippen molar-refractivity contribution in [2.75, 3.05) is 38.2 Å². The maximum Gasteiger partial charge on any atom is 0.294 e. The van der Waals surface area contributed by atoms with Gasteiger partial charge in [-0.3, -0.25) is 15.0 Å². The third-order valence-corrected chi connectivity index (χ3v) is 4.91. The van der Waals surface area contributed by atoms with E-state index in [-0.39, 0.29) is 10.6 Å². The second-order valence-electron chi connectivity index (χ2n) is 6.47. The van der Waals surface area contributed by atoms with Gasteiger partial charge in [-0.15, -0.1) is 0 Å². The Morgan fingerprint density at radius 3 is 2.54 bits per heavy atom. The van der Waals surface area contributed by atoms with Crippen molar-refractivity contribution < 1.29 is 9.66 Å². The molecule has 1 heterocycles. The average Bonchev–Trinajstić information content (AvgIpc) is 2.62. The van der Waals surface area contributed by atoms with Gasteiger partial charge in [0.15, 0.2) is 0 Å². The summed E-state index contributed by atoms with van der Waals surface area (Å²) in [6, 6.07) is 11.0. The Bertz CT molecular complexity index is 805. The lowest BCUT2D eigenvalue weighted by atomic mass is 10.1. The molecule has 0 saturated carbocycles. The zero-order valence-corrected chi connectivity index (χ0v) is 15.7. The van der Waals surface area contributed by atoms with Gasteiger partial charge in [0.2, 0.25) is 0 Å². The molecule has 0 unspecified atom stereocenters. The molecule has 0 atom stereocenters. The predicted molar refractivity (Wildman–Crippen MR) is 103 cm³/mol. The summed E-state index contributed by atoms with van der Waals surface area (Å²) < 4.78 is 5.46. The quantitative estimate of drug-likeness (QED) is 0.586. The third-order valence-electron chi connectivity index (χ3n) is 4.68. The van der Waals surface area contributed by atoms with Gasteiger partial charge in [0.25, 0.3) is 5.69 Å². The molecular formula is C19H22ClN3O3. The number of rotatable bonds is 5. The number of hydrogen-bond donors (Lipinski definition) is 0. The fourth-order valence-corrected chi connectivity index (χ4v) is 3.50. The lowest BCUT2D eigenvalue weighted by molar-refractivity contribution is -0.384. The van der Waals surface area contributed by atoms with E-state index < -0.39 is 0 Å². The molecule has 1 aliphatic rings. The molecule has 0 spiro atoms. The fraction of sp³-hybridized carbons (Fsp3) is 0.368. The highest BCUT2D eigenvalue weighted by molar-refractivity contribution is 6.30. The normalized spacial score (nSPS) is 15.1. The minimum Gasteiger partial charge on any atom is -0.496 e. The van der Waals surface area contributed by atoms with Crippen LogP contribution in [0.15, 0.2) is 36.4 Å². The topological polar surface area (TPSA) is 58.8 Å². The van der Waals surface area contributed by atoms with Gasteiger partial charge in [0, 0.05) is 49.4 Å². The monoisotopic (exact) mass is 375 g/mol. The highest BCUT2D eigenvalue weighted by Gasteiger charge is 2.24. The zero-order chi connectivity index (χ0) is 18.7. The minimum atomic E-state index is -0.370. The molecule has 3 rings (SSSR count). The van der Waals surface area contributed by atoms with Crippen LogP contribution < -0.4 is 9.64 Å². The molecule has 0 aliphatic carbocycles. The first kappa shape index (κ1) is 18.5. The maximum atomic E-state index is 11.3. The van der Waals surface area contributed by atoms with Crippen LogP contribution in [0.5, 0.6) is 5.75 Å². The molecular weight excluding hydrogens is 354 g/mol. The average molecular weight is 376 g/mol. The SMILES string of the molecule is COc1ccc(C)cc1CN1CCN(c2ccc(Cl)cc2[N+](=O)[O-])CC1. The summed E-state index contributed by atoms with van der Waals surface area (Å²) in [4.78, 5) is 15.3. The Labute approximate surface area is 158 Å². The van der Waals surface area contributed by atoms with Crippen LogP contribution in [0.1, 0.15) is 11.1 Å². The number of anilines is 1. The Morgan fingerprint density at radius 1 is 1.15 bits per heavy atom. The molecule has 1 aliphatic heterocycles. The Balaban J connectivity index is 1.69. The van der Waals surface area contributed by atoms with Gasteiger partial charge in [-0.2, -0.15) is 0 Å². The zero-order valence-electron chi connectivity index (χ0n) is 14.9. The number of nitro benzene ring substituents is 1. The van der Waals surface area contributed by atoms with Crippen LogP contribution in [0.3, 0.4) is 0 Å². The van der Waals surface area contributed by atoms with Crippen LogP contribution in [0.2, 0.25) is 5.02 Å². The Morgan fingerprint density at radius 2 is 1.88 bits per heavy atom. The number of hydrogen-bond acceptors (Lipinski definition) is 5. The van der Waals surface area contributed by atoms with Crippen molar-refractivity contribution in [1.29, 1.82) is 0 Å². The highest BCUT2D eigenvalue weighted by atomic mass is 35.5. The summed E-state index contributed by atoms with van der Waals surface area (Å²) >= 11 is 5.91. The third kappa shape index (κ3) is 4.08. The lowest BCUT2D eigenvalue weighted by Crippen LogP contribution is -2.46. The first-order chi connectivity index (χ1) is 12.5. The first-order valence-electron chi connectivity index (χ1n) is 8.52. The van der Waals surface area contributed by atoms with Crippen molar-refractivity contribution in [1.82, 2.24) is 4.90 Å². The van der Waals surface area contributed by atoms with Crippen molar-refractivity contribution in [2.45, 2.75) is 13.5 Å². The van der Waals surface area contributed by atoms with Gasteiger partial charge >= 0.3 is 0 Å². The van der Waals surface area contributed by atoms with E-state index in [0.717, 1.165) is 38.5 Å². The van der Waals surface area contributed by atoms with Crippen molar-refractivity contribution in [2.24, 2.45) is 0 Å². The molecule has 2 aromatic carbocycles. The summed E-state index contributed by atoms with van der Waals surface area (Å²) in [6.45, 7) is 6.00. The number of nitro groups is 1. The number of nitrogens with zero attached hydrogens (tertiary/aromatic N) is 3. The first-order valence-corrected chi connectivity index (χ1v) is 8.90. The molecule has 0 bridgehead atoms. The van der Waals surface area contributed by atoms with Gasteiger partial charge in [-0.1, -0.05) is 29.3 Å². The molecule has 138 valence electrons. The van der Waals surface area contributed by atoms with E-state index in [4.69, 9.17) is 16.3 Å². The molecule has 1 fully saturated rings. The molecule has 0 radical (unpaired) electrons. The number of benzene rings is 2. The summed E-state index contributed by atoms with van der Waals surface area (Å²) in [5.74, 6) is 0.895. The summed E-state index contributed by atoms with van der Waals surface area (Å²) in [5, 5.41) is 11.7. The van der Waals surface area contributed by atoms with Crippen LogP contribution in [0.4, 0.5) is 11.4 Å². The second kappa shape index (κ2) is 7.93. The van der Waals surface area contributed by atoms with Crippen LogP contribution in [0, 0.1) is 17.0 Å². The van der Waals surface area contributed by atoms with E-state index in [0.29, 0.717) is 10.7 Å². The summed E-state index contributed by atoms with van der Waals surface area (Å²) in [7, 11) is 1.69. The highest BCUT2D eigenvalue weighted by Crippen LogP contribution is 2.32. The van der Waals surface area contributed by atoms with Crippen molar-refractivity contribution in [3.05, 3.63) is 62.7 Å². The van der Waals surface area contributed by atoms with Crippen molar-refractivity contribution in [3.63, 3.8) is 0 Å². The van der Waals surface area contributed by atoms with Crippen molar-refractivity contribution >= 4 is 23.0 Å². The van der Waals surface area contributed by atoms with Gasteiger partial charge < -0.3 is 9.64 Å². The molecule has 2 aromatic rings. The van der Waals surface area contributed by atoms with E-state index >= 15 is 0 Å². The minimum absolute atomic E-state index is 0.0614. The van der Waals surface area contributed by atoms with E-state index in [1.54, 1.807) is 19.2 Å². The standard InChI is InChI=1S/C19H22ClN3O3/c1-14-3-6-19(26-2)15(11-14)13-21-7-9-22(10-8-21)17-5-4-16(20)12-18(17)23(24)25/h3-6,11-12H,7-10,13H2,1-2H3.